The van der Waals surface area contributed by atoms with Crippen LogP contribution < -0.4 is 5.32 Å². The van der Waals surface area contributed by atoms with E-state index in [4.69, 9.17) is 4.99 Å². The molecular formula is C18H27IN8. The van der Waals surface area contributed by atoms with Crippen LogP contribution in [0, 0.1) is 0 Å². The van der Waals surface area contributed by atoms with Crippen molar-refractivity contribution >= 4 is 35.6 Å². The standard InChI is InChI=1S/C18H26N8.HI/c1-4-19-18(24(2)13-15-12-21-25(3)14-15)20-10-7-9-17-23-22-16-8-5-6-11-26(16)17;/h5-6,8,11-12,14H,4,7,9-10,13H2,1-3H3,(H,19,20);1H. The van der Waals surface area contributed by atoms with E-state index in [-0.39, 0.29) is 24.0 Å². The number of aryl methyl sites for hydroxylation is 2. The summed E-state index contributed by atoms with van der Waals surface area (Å²) in [5, 5.41) is 16.0. The number of nitrogens with zero attached hydrogens (tertiary/aromatic N) is 7. The summed E-state index contributed by atoms with van der Waals surface area (Å²) in [6, 6.07) is 5.93. The summed E-state index contributed by atoms with van der Waals surface area (Å²) >= 11 is 0. The maximum Gasteiger partial charge on any atom is 0.193 e. The van der Waals surface area contributed by atoms with Gasteiger partial charge in [0.15, 0.2) is 11.6 Å². The van der Waals surface area contributed by atoms with Crippen molar-refractivity contribution in [3.63, 3.8) is 0 Å². The first-order chi connectivity index (χ1) is 12.7. The van der Waals surface area contributed by atoms with E-state index in [9.17, 15) is 0 Å². The molecule has 0 radical (unpaired) electrons. The number of aromatic nitrogens is 5. The van der Waals surface area contributed by atoms with Gasteiger partial charge in [-0.2, -0.15) is 5.10 Å². The molecule has 3 rings (SSSR count). The fourth-order valence-corrected chi connectivity index (χ4v) is 2.86. The van der Waals surface area contributed by atoms with Crippen LogP contribution in [0.15, 0.2) is 41.8 Å². The Morgan fingerprint density at radius 1 is 1.30 bits per heavy atom. The highest BCUT2D eigenvalue weighted by Gasteiger charge is 2.08. The van der Waals surface area contributed by atoms with Crippen molar-refractivity contribution in [2.24, 2.45) is 12.0 Å². The Morgan fingerprint density at radius 3 is 2.89 bits per heavy atom. The van der Waals surface area contributed by atoms with Crippen LogP contribution in [-0.2, 0) is 20.0 Å². The fraction of sp³-hybridized carbons (Fsp3) is 0.444. The van der Waals surface area contributed by atoms with Crippen LogP contribution in [0.4, 0.5) is 0 Å². The minimum Gasteiger partial charge on any atom is -0.357 e. The zero-order valence-corrected chi connectivity index (χ0v) is 18.4. The molecule has 3 aromatic rings. The van der Waals surface area contributed by atoms with Gasteiger partial charge < -0.3 is 10.2 Å². The van der Waals surface area contributed by atoms with Gasteiger partial charge in [-0.1, -0.05) is 6.07 Å². The van der Waals surface area contributed by atoms with Gasteiger partial charge in [-0.05, 0) is 25.5 Å². The summed E-state index contributed by atoms with van der Waals surface area (Å²) in [6.07, 6.45) is 7.68. The van der Waals surface area contributed by atoms with Gasteiger partial charge in [0.1, 0.15) is 5.82 Å². The van der Waals surface area contributed by atoms with Crippen LogP contribution >= 0.6 is 24.0 Å². The molecule has 0 saturated heterocycles. The van der Waals surface area contributed by atoms with Crippen LogP contribution in [0.1, 0.15) is 24.7 Å². The highest BCUT2D eigenvalue weighted by molar-refractivity contribution is 14.0. The maximum atomic E-state index is 4.74. The van der Waals surface area contributed by atoms with Gasteiger partial charge in [-0.3, -0.25) is 14.1 Å². The maximum absolute atomic E-state index is 4.74. The van der Waals surface area contributed by atoms with Crippen LogP contribution in [0.2, 0.25) is 0 Å². The summed E-state index contributed by atoms with van der Waals surface area (Å²) in [5.41, 5.74) is 2.05. The number of nitrogens with one attached hydrogen (secondary N) is 1. The molecule has 9 heteroatoms. The second-order valence-electron chi connectivity index (χ2n) is 6.26. The molecule has 146 valence electrons. The van der Waals surface area contributed by atoms with E-state index >= 15 is 0 Å². The molecule has 8 nitrogen and oxygen atoms in total. The molecule has 0 aliphatic rings. The van der Waals surface area contributed by atoms with Gasteiger partial charge in [0.2, 0.25) is 0 Å². The van der Waals surface area contributed by atoms with Crippen LogP contribution in [0.25, 0.3) is 5.65 Å². The SMILES string of the molecule is CCNC(=NCCCc1nnc2ccccn12)N(C)Cc1cnn(C)c1.I. The number of fused-ring (bicyclic) bond motifs is 1. The van der Waals surface area contributed by atoms with E-state index in [1.807, 2.05) is 60.0 Å². The van der Waals surface area contributed by atoms with Crippen LogP contribution in [0.5, 0.6) is 0 Å². The number of pyridine rings is 1. The van der Waals surface area contributed by atoms with E-state index < -0.39 is 0 Å². The lowest BCUT2D eigenvalue weighted by Crippen LogP contribution is -2.38. The molecule has 0 spiro atoms. The number of aliphatic imine (C=N–C) groups is 1. The van der Waals surface area contributed by atoms with Crippen molar-refractivity contribution in [3.8, 4) is 0 Å². The van der Waals surface area contributed by atoms with E-state index in [2.05, 4.69) is 32.4 Å². The van der Waals surface area contributed by atoms with Crippen LogP contribution in [-0.4, -0.2) is 55.4 Å². The number of hydrogen-bond acceptors (Lipinski definition) is 4. The third-order valence-electron chi connectivity index (χ3n) is 4.08. The lowest BCUT2D eigenvalue weighted by atomic mass is 10.3. The number of guanidine groups is 1. The van der Waals surface area contributed by atoms with Gasteiger partial charge in [0.25, 0.3) is 0 Å². The van der Waals surface area contributed by atoms with Gasteiger partial charge in [-0.15, -0.1) is 34.2 Å². The predicted octanol–water partition coefficient (Wildman–Crippen LogP) is 2.11. The van der Waals surface area contributed by atoms with Gasteiger partial charge in [0, 0.05) is 58.1 Å². The van der Waals surface area contributed by atoms with Crippen molar-refractivity contribution in [1.82, 2.24) is 34.6 Å². The van der Waals surface area contributed by atoms with Crippen molar-refractivity contribution in [3.05, 3.63) is 48.2 Å². The van der Waals surface area contributed by atoms with Crippen molar-refractivity contribution < 1.29 is 0 Å². The lowest BCUT2D eigenvalue weighted by molar-refractivity contribution is 0.476. The predicted molar refractivity (Wildman–Crippen MR) is 117 cm³/mol. The van der Waals surface area contributed by atoms with E-state index in [1.165, 1.54) is 0 Å². The first-order valence-electron chi connectivity index (χ1n) is 8.93. The molecule has 0 unspecified atom stereocenters. The van der Waals surface area contributed by atoms with Crippen molar-refractivity contribution in [2.45, 2.75) is 26.3 Å². The molecule has 3 aromatic heterocycles. The van der Waals surface area contributed by atoms with Gasteiger partial charge in [0.05, 0.1) is 6.20 Å². The molecule has 0 saturated carbocycles. The monoisotopic (exact) mass is 482 g/mol. The minimum absolute atomic E-state index is 0. The molecule has 0 fully saturated rings. The number of rotatable bonds is 7. The molecule has 3 heterocycles. The second-order valence-corrected chi connectivity index (χ2v) is 6.26. The third kappa shape index (κ3) is 5.65. The molecule has 0 amide bonds. The molecule has 0 aliphatic carbocycles. The molecule has 27 heavy (non-hydrogen) atoms. The summed E-state index contributed by atoms with van der Waals surface area (Å²) in [4.78, 5) is 6.86. The fourth-order valence-electron chi connectivity index (χ4n) is 2.86. The number of hydrogen-bond donors (Lipinski definition) is 1. The Bertz CT molecular complexity index is 869. The molecule has 0 aliphatic heterocycles. The number of halogens is 1. The van der Waals surface area contributed by atoms with E-state index in [0.29, 0.717) is 0 Å². The van der Waals surface area contributed by atoms with Gasteiger partial charge >= 0.3 is 0 Å². The Balaban J connectivity index is 0.00000261. The van der Waals surface area contributed by atoms with E-state index in [0.717, 1.165) is 55.5 Å². The summed E-state index contributed by atoms with van der Waals surface area (Å²) in [6.45, 7) is 4.43. The quantitative estimate of drug-likeness (QED) is 0.242. The van der Waals surface area contributed by atoms with Crippen molar-refractivity contribution in [1.29, 1.82) is 0 Å². The topological polar surface area (TPSA) is 75.6 Å². The zero-order chi connectivity index (χ0) is 18.4. The highest BCUT2D eigenvalue weighted by atomic mass is 127. The molecule has 0 aromatic carbocycles. The Hall–Kier alpha value is -2.17. The van der Waals surface area contributed by atoms with E-state index in [1.54, 1.807) is 0 Å². The molecular weight excluding hydrogens is 455 g/mol. The summed E-state index contributed by atoms with van der Waals surface area (Å²) in [5.74, 6) is 1.88. The molecule has 0 bridgehead atoms. The lowest BCUT2D eigenvalue weighted by Gasteiger charge is -2.21. The first-order valence-corrected chi connectivity index (χ1v) is 8.93. The summed E-state index contributed by atoms with van der Waals surface area (Å²) < 4.78 is 3.85. The summed E-state index contributed by atoms with van der Waals surface area (Å²) in [7, 11) is 3.97. The van der Waals surface area contributed by atoms with Crippen LogP contribution in [0.3, 0.4) is 0 Å². The molecule has 1 N–H and O–H groups in total. The molecule has 0 atom stereocenters. The third-order valence-corrected chi connectivity index (χ3v) is 4.08. The first kappa shape index (κ1) is 21.1. The Kier molecular flexibility index (Phi) is 8.01. The largest absolute Gasteiger partial charge is 0.357 e. The second kappa shape index (κ2) is 10.2. The Morgan fingerprint density at radius 2 is 2.15 bits per heavy atom. The smallest absolute Gasteiger partial charge is 0.193 e. The average Bonchev–Trinajstić information content (AvgIpc) is 3.24. The zero-order valence-electron chi connectivity index (χ0n) is 16.0. The average molecular weight is 482 g/mol. The Labute approximate surface area is 176 Å². The van der Waals surface area contributed by atoms with Gasteiger partial charge in [-0.25, -0.2) is 0 Å². The normalized spacial score (nSPS) is 11.4. The van der Waals surface area contributed by atoms with Crippen molar-refractivity contribution in [2.75, 3.05) is 20.1 Å². The highest BCUT2D eigenvalue weighted by Crippen LogP contribution is 2.06. The minimum atomic E-state index is 0.